The van der Waals surface area contributed by atoms with Crippen LogP contribution in [-0.2, 0) is 27.4 Å². The number of nitrogens with one attached hydrogen (secondary N) is 3. The van der Waals surface area contributed by atoms with Gasteiger partial charge in [0.15, 0.2) is 0 Å². The van der Waals surface area contributed by atoms with Gasteiger partial charge < -0.3 is 20.3 Å². The summed E-state index contributed by atoms with van der Waals surface area (Å²) in [5, 5.41) is 9.59. The van der Waals surface area contributed by atoms with Gasteiger partial charge in [-0.3, -0.25) is 19.7 Å². The van der Waals surface area contributed by atoms with Crippen molar-refractivity contribution in [3.8, 4) is 0 Å². The lowest BCUT2D eigenvalue weighted by atomic mass is 9.76. The number of hydrogen-bond acceptors (Lipinski definition) is 6. The Morgan fingerprint density at radius 1 is 1.20 bits per heavy atom. The minimum absolute atomic E-state index is 0.109. The summed E-state index contributed by atoms with van der Waals surface area (Å²) in [5.74, 6) is -0.745. The van der Waals surface area contributed by atoms with E-state index in [0.717, 1.165) is 50.3 Å². The minimum atomic E-state index is -0.576. The summed E-state index contributed by atoms with van der Waals surface area (Å²) in [5.41, 5.74) is 2.86. The van der Waals surface area contributed by atoms with Gasteiger partial charge in [-0.15, -0.1) is 0 Å². The summed E-state index contributed by atoms with van der Waals surface area (Å²) < 4.78 is 5.57. The Hall–Kier alpha value is -2.29. The highest BCUT2D eigenvalue weighted by Gasteiger charge is 2.44. The molecule has 3 fully saturated rings. The Kier molecular flexibility index (Phi) is 5.08. The van der Waals surface area contributed by atoms with Crippen LogP contribution in [0.25, 0.3) is 0 Å². The van der Waals surface area contributed by atoms with Crippen LogP contribution in [0, 0.1) is 5.41 Å². The SMILES string of the molecule is O=C1CCC(N2Cc3cccc(CNC4CNCC45CCOCC5)c3C2=O)C(=O)N1. The molecule has 4 aliphatic heterocycles. The first kappa shape index (κ1) is 19.7. The number of imide groups is 1. The molecule has 3 saturated heterocycles. The van der Waals surface area contributed by atoms with Crippen LogP contribution >= 0.6 is 0 Å². The lowest BCUT2D eigenvalue weighted by Crippen LogP contribution is -2.52. The molecule has 30 heavy (non-hydrogen) atoms. The van der Waals surface area contributed by atoms with E-state index in [-0.39, 0.29) is 29.6 Å². The second-order valence-electron chi connectivity index (χ2n) is 8.89. The topological polar surface area (TPSA) is 99.8 Å². The van der Waals surface area contributed by atoms with Crippen molar-refractivity contribution >= 4 is 17.7 Å². The van der Waals surface area contributed by atoms with Crippen LogP contribution in [0.3, 0.4) is 0 Å². The molecule has 0 aromatic heterocycles. The zero-order valence-electron chi connectivity index (χ0n) is 17.0. The Labute approximate surface area is 175 Å². The summed E-state index contributed by atoms with van der Waals surface area (Å²) >= 11 is 0. The summed E-state index contributed by atoms with van der Waals surface area (Å²) in [4.78, 5) is 38.6. The van der Waals surface area contributed by atoms with Crippen molar-refractivity contribution in [3.05, 3.63) is 34.9 Å². The van der Waals surface area contributed by atoms with Crippen molar-refractivity contribution in [2.75, 3.05) is 26.3 Å². The molecule has 0 saturated carbocycles. The number of carbonyl (C=O) groups excluding carboxylic acids is 3. The molecular weight excluding hydrogens is 384 g/mol. The molecule has 2 unspecified atom stereocenters. The van der Waals surface area contributed by atoms with Gasteiger partial charge >= 0.3 is 0 Å². The van der Waals surface area contributed by atoms with Crippen molar-refractivity contribution < 1.29 is 19.1 Å². The van der Waals surface area contributed by atoms with E-state index in [1.165, 1.54) is 0 Å². The van der Waals surface area contributed by atoms with Gasteiger partial charge in [0.25, 0.3) is 5.91 Å². The van der Waals surface area contributed by atoms with E-state index in [0.29, 0.717) is 31.1 Å². The molecule has 4 heterocycles. The van der Waals surface area contributed by atoms with E-state index in [1.807, 2.05) is 18.2 Å². The molecule has 1 aromatic carbocycles. The van der Waals surface area contributed by atoms with Gasteiger partial charge in [0, 0.05) is 62.8 Å². The van der Waals surface area contributed by atoms with Crippen molar-refractivity contribution in [1.29, 1.82) is 0 Å². The number of piperidine rings is 1. The molecule has 3 N–H and O–H groups in total. The maximum Gasteiger partial charge on any atom is 0.255 e. The molecular formula is C22H28N4O4. The lowest BCUT2D eigenvalue weighted by Gasteiger charge is -2.38. The molecule has 8 nitrogen and oxygen atoms in total. The van der Waals surface area contributed by atoms with Crippen LogP contribution in [0.5, 0.6) is 0 Å². The van der Waals surface area contributed by atoms with Crippen LogP contribution in [0.1, 0.15) is 47.2 Å². The normalized spacial score (nSPS) is 28.1. The van der Waals surface area contributed by atoms with Crippen LogP contribution < -0.4 is 16.0 Å². The quantitative estimate of drug-likeness (QED) is 0.616. The van der Waals surface area contributed by atoms with Crippen LogP contribution in [0.15, 0.2) is 18.2 Å². The van der Waals surface area contributed by atoms with Crippen molar-refractivity contribution in [2.24, 2.45) is 5.41 Å². The van der Waals surface area contributed by atoms with Gasteiger partial charge in [-0.25, -0.2) is 0 Å². The third kappa shape index (κ3) is 3.33. The lowest BCUT2D eigenvalue weighted by molar-refractivity contribution is -0.136. The number of ether oxygens (including phenoxy) is 1. The molecule has 3 amide bonds. The number of rotatable bonds is 4. The summed E-state index contributed by atoms with van der Waals surface area (Å²) in [6.07, 6.45) is 2.75. The molecule has 4 aliphatic rings. The first-order chi connectivity index (χ1) is 14.6. The fourth-order valence-corrected chi connectivity index (χ4v) is 5.47. The average molecular weight is 412 g/mol. The van der Waals surface area contributed by atoms with E-state index in [2.05, 4.69) is 16.0 Å². The van der Waals surface area contributed by atoms with E-state index in [1.54, 1.807) is 4.90 Å². The number of amides is 3. The maximum absolute atomic E-state index is 13.2. The summed E-state index contributed by atoms with van der Waals surface area (Å²) in [6, 6.07) is 5.71. The number of nitrogens with zero attached hydrogens (tertiary/aromatic N) is 1. The first-order valence-electron chi connectivity index (χ1n) is 10.8. The number of carbonyl (C=O) groups is 3. The Morgan fingerprint density at radius 3 is 2.83 bits per heavy atom. The molecule has 8 heteroatoms. The van der Waals surface area contributed by atoms with Gasteiger partial charge in [0.1, 0.15) is 6.04 Å². The standard InChI is InChI=1S/C22H28N4O4/c27-18-5-4-16(20(28)25-18)26-12-15-3-1-2-14(19(15)21(26)29)10-24-17-11-23-13-22(17)6-8-30-9-7-22/h1-3,16-17,23-24H,4-13H2,(H,25,27,28). The number of fused-ring (bicyclic) bond motifs is 1. The van der Waals surface area contributed by atoms with Crippen molar-refractivity contribution in [1.82, 2.24) is 20.9 Å². The van der Waals surface area contributed by atoms with Crippen LogP contribution in [0.2, 0.25) is 0 Å². The highest BCUT2D eigenvalue weighted by molar-refractivity contribution is 6.05. The van der Waals surface area contributed by atoms with Gasteiger partial charge in [0.2, 0.25) is 11.8 Å². The smallest absolute Gasteiger partial charge is 0.255 e. The largest absolute Gasteiger partial charge is 0.381 e. The fraction of sp³-hybridized carbons (Fsp3) is 0.591. The molecule has 5 rings (SSSR count). The van der Waals surface area contributed by atoms with Crippen molar-refractivity contribution in [3.63, 3.8) is 0 Å². The van der Waals surface area contributed by atoms with Crippen LogP contribution in [-0.4, -0.2) is 61.0 Å². The third-order valence-corrected chi connectivity index (χ3v) is 7.23. The minimum Gasteiger partial charge on any atom is -0.381 e. The first-order valence-corrected chi connectivity index (χ1v) is 10.8. The average Bonchev–Trinajstić information content (AvgIpc) is 3.28. The van der Waals surface area contributed by atoms with Gasteiger partial charge in [-0.05, 0) is 30.4 Å². The van der Waals surface area contributed by atoms with Crippen molar-refractivity contribution in [2.45, 2.75) is 50.9 Å². The van der Waals surface area contributed by atoms with Gasteiger partial charge in [-0.1, -0.05) is 18.2 Å². The third-order valence-electron chi connectivity index (χ3n) is 7.23. The monoisotopic (exact) mass is 412 g/mol. The zero-order valence-corrected chi connectivity index (χ0v) is 17.0. The second kappa shape index (κ2) is 7.76. The Bertz CT molecular complexity index is 880. The van der Waals surface area contributed by atoms with Gasteiger partial charge in [-0.2, -0.15) is 0 Å². The predicted octanol–water partition coefficient (Wildman–Crippen LogP) is 0.306. The van der Waals surface area contributed by atoms with Gasteiger partial charge in [0.05, 0.1) is 0 Å². The number of hydrogen-bond donors (Lipinski definition) is 3. The maximum atomic E-state index is 13.2. The predicted molar refractivity (Wildman–Crippen MR) is 108 cm³/mol. The second-order valence-corrected chi connectivity index (χ2v) is 8.89. The number of benzene rings is 1. The summed E-state index contributed by atoms with van der Waals surface area (Å²) in [6.45, 7) is 4.57. The van der Waals surface area contributed by atoms with E-state index >= 15 is 0 Å². The molecule has 2 atom stereocenters. The fourth-order valence-electron chi connectivity index (χ4n) is 5.47. The van der Waals surface area contributed by atoms with Crippen LogP contribution in [0.4, 0.5) is 0 Å². The molecule has 1 aromatic rings. The summed E-state index contributed by atoms with van der Waals surface area (Å²) in [7, 11) is 0. The van der Waals surface area contributed by atoms with E-state index in [4.69, 9.17) is 4.74 Å². The molecule has 0 aliphatic carbocycles. The highest BCUT2D eigenvalue weighted by atomic mass is 16.5. The Morgan fingerprint density at radius 2 is 2.03 bits per heavy atom. The molecule has 0 radical (unpaired) electrons. The van der Waals surface area contributed by atoms with E-state index < -0.39 is 6.04 Å². The van der Waals surface area contributed by atoms with E-state index in [9.17, 15) is 14.4 Å². The molecule has 0 bridgehead atoms. The zero-order chi connectivity index (χ0) is 20.7. The molecule has 1 spiro atoms. The highest BCUT2D eigenvalue weighted by Crippen LogP contribution is 2.37. The Balaban J connectivity index is 1.31. The molecule has 160 valence electrons.